The van der Waals surface area contributed by atoms with Crippen molar-refractivity contribution >= 4 is 49.6 Å². The monoisotopic (exact) mass is 848 g/mol. The Kier molecular flexibility index (Phi) is 19.8. The number of likely N-dealkylation sites (tertiary alicyclic amines) is 1. The molecule has 304 valence electrons. The largest absolute Gasteiger partial charge is 0.493 e. The molecule has 0 aliphatic carbocycles. The smallest absolute Gasteiger partial charge is 0.203 e. The quantitative estimate of drug-likeness (QED) is 0.102. The summed E-state index contributed by atoms with van der Waals surface area (Å²) in [6.07, 6.45) is 5.91. The summed E-state index contributed by atoms with van der Waals surface area (Å²) in [6.45, 7) is 4.54. The molecule has 1 saturated heterocycles. The van der Waals surface area contributed by atoms with Crippen molar-refractivity contribution in [1.29, 1.82) is 0 Å². The molecule has 14 heteroatoms. The molecule has 0 amide bonds. The van der Waals surface area contributed by atoms with Gasteiger partial charge in [-0.1, -0.05) is 30.3 Å². The van der Waals surface area contributed by atoms with E-state index in [0.717, 1.165) is 68.1 Å². The topological polar surface area (TPSA) is 87.6 Å². The van der Waals surface area contributed by atoms with E-state index in [-0.39, 0.29) is 49.6 Å². The van der Waals surface area contributed by atoms with Gasteiger partial charge in [0, 0.05) is 49.2 Å². The van der Waals surface area contributed by atoms with E-state index in [4.69, 9.17) is 33.4 Å². The summed E-state index contributed by atoms with van der Waals surface area (Å²) in [6, 6.07) is 27.5. The van der Waals surface area contributed by atoms with Crippen molar-refractivity contribution in [3.05, 3.63) is 108 Å². The van der Waals surface area contributed by atoms with Crippen LogP contribution in [-0.2, 0) is 19.6 Å². The third-order valence-corrected chi connectivity index (χ3v) is 9.66. The molecule has 0 N–H and O–H groups in total. The van der Waals surface area contributed by atoms with Gasteiger partial charge in [0.05, 0.1) is 54.0 Å². The Morgan fingerprint density at radius 3 is 1.41 bits per heavy atom. The van der Waals surface area contributed by atoms with Crippen molar-refractivity contribution in [3.63, 3.8) is 0 Å². The minimum absolute atomic E-state index is 0. The Morgan fingerprint density at radius 1 is 0.536 bits per heavy atom. The second-order valence-electron chi connectivity index (χ2n) is 12.8. The lowest BCUT2D eigenvalue weighted by molar-refractivity contribution is 0.0933. The van der Waals surface area contributed by atoms with Crippen molar-refractivity contribution in [3.8, 4) is 57.0 Å². The van der Waals surface area contributed by atoms with Gasteiger partial charge in [0.25, 0.3) is 0 Å². The first-order chi connectivity index (χ1) is 25.5. The summed E-state index contributed by atoms with van der Waals surface area (Å²) in [7, 11) is 9.73. The van der Waals surface area contributed by atoms with Crippen LogP contribution in [0.15, 0.2) is 91.3 Å². The van der Waals surface area contributed by atoms with Gasteiger partial charge in [-0.2, -0.15) is 0 Å². The Balaban J connectivity index is 0.00000271. The molecule has 0 radical (unpaired) electrons. The zero-order chi connectivity index (χ0) is 36.5. The van der Waals surface area contributed by atoms with Gasteiger partial charge in [0.15, 0.2) is 23.0 Å². The lowest BCUT2D eigenvalue weighted by atomic mass is 10.00. The molecule has 0 unspecified atom stereocenters. The number of nitrogens with zero attached hydrogens (tertiary/aromatic N) is 4. The molecule has 0 spiro atoms. The van der Waals surface area contributed by atoms with Crippen LogP contribution in [0, 0.1) is 0 Å². The molecule has 0 atom stereocenters. The molecule has 0 saturated carbocycles. The summed E-state index contributed by atoms with van der Waals surface area (Å²) in [4.78, 5) is 14.6. The molecule has 1 fully saturated rings. The molecule has 10 nitrogen and oxygen atoms in total. The highest BCUT2D eigenvalue weighted by Gasteiger charge is 2.26. The fourth-order valence-corrected chi connectivity index (χ4v) is 6.99. The average molecular weight is 851 g/mol. The summed E-state index contributed by atoms with van der Waals surface area (Å²) >= 11 is 0. The van der Waals surface area contributed by atoms with Crippen LogP contribution >= 0.6 is 49.6 Å². The average Bonchev–Trinajstić information content (AvgIpc) is 3.20. The SMILES string of the molecule is COc1cc(-c2cc(CN3CCC(N(Cc4ccccc4)Cc4ccnc(-c5cc(OC)c(OC)c(OC)c5)c4)CC3)ccn2)cc(OC)c1OC.Cl.Cl.Cl.Cl. The predicted octanol–water partition coefficient (Wildman–Crippen LogP) is 9.22. The van der Waals surface area contributed by atoms with Gasteiger partial charge in [-0.15, -0.1) is 49.6 Å². The molecule has 0 bridgehead atoms. The van der Waals surface area contributed by atoms with Crippen LogP contribution in [0.3, 0.4) is 0 Å². The van der Waals surface area contributed by atoms with Crippen molar-refractivity contribution in [2.45, 2.75) is 38.5 Å². The summed E-state index contributed by atoms with van der Waals surface area (Å²) in [5.41, 5.74) is 7.26. The van der Waals surface area contributed by atoms with Gasteiger partial charge in [0.2, 0.25) is 11.5 Å². The standard InChI is InChI=1S/C42H48N4O6.4ClH/c1-47-37-22-32(23-38(48-2)41(37)51-5)35-20-30(12-16-43-35)26-45-18-14-34(15-19-45)46(27-29-10-8-7-9-11-29)28-31-13-17-44-36(21-31)33-24-39(49-3)42(52-6)40(25-33)50-4;;;;/h7-13,16-17,20-25,34H,14-15,18-19,26-28H2,1-6H3;4*1H. The van der Waals surface area contributed by atoms with Gasteiger partial charge in [0.1, 0.15) is 0 Å². The van der Waals surface area contributed by atoms with Crippen molar-refractivity contribution in [1.82, 2.24) is 19.8 Å². The fourth-order valence-electron chi connectivity index (χ4n) is 6.99. The lowest BCUT2D eigenvalue weighted by Crippen LogP contribution is -2.44. The second kappa shape index (κ2) is 23.2. The Bertz CT molecular complexity index is 1900. The number of hydrogen-bond acceptors (Lipinski definition) is 10. The number of ether oxygens (including phenoxy) is 6. The summed E-state index contributed by atoms with van der Waals surface area (Å²) in [5.74, 6) is 3.55. The van der Waals surface area contributed by atoms with Gasteiger partial charge in [-0.25, -0.2) is 0 Å². The van der Waals surface area contributed by atoms with Crippen molar-refractivity contribution in [2.24, 2.45) is 0 Å². The van der Waals surface area contributed by atoms with Crippen LogP contribution in [0.2, 0.25) is 0 Å². The minimum atomic E-state index is 0. The third-order valence-electron chi connectivity index (χ3n) is 9.66. The second-order valence-corrected chi connectivity index (χ2v) is 12.8. The maximum absolute atomic E-state index is 5.62. The molecule has 1 aliphatic heterocycles. The number of halogens is 4. The van der Waals surface area contributed by atoms with E-state index in [1.165, 1.54) is 16.7 Å². The summed E-state index contributed by atoms with van der Waals surface area (Å²) < 4.78 is 33.5. The number of pyridine rings is 2. The van der Waals surface area contributed by atoms with Crippen molar-refractivity contribution < 1.29 is 28.4 Å². The number of methoxy groups -OCH3 is 6. The minimum Gasteiger partial charge on any atom is -0.493 e. The molecule has 1 aliphatic rings. The maximum Gasteiger partial charge on any atom is 0.203 e. The molecule has 56 heavy (non-hydrogen) atoms. The first-order valence-electron chi connectivity index (χ1n) is 17.5. The first-order valence-corrected chi connectivity index (χ1v) is 17.5. The third kappa shape index (κ3) is 11.5. The zero-order valence-corrected chi connectivity index (χ0v) is 35.8. The van der Waals surface area contributed by atoms with E-state index in [2.05, 4.69) is 69.4 Å². The molecule has 3 heterocycles. The number of benzene rings is 3. The van der Waals surface area contributed by atoms with Crippen LogP contribution in [-0.4, -0.2) is 81.6 Å². The van der Waals surface area contributed by atoms with Crippen LogP contribution in [0.1, 0.15) is 29.5 Å². The highest BCUT2D eigenvalue weighted by atomic mass is 35.5. The molecule has 3 aromatic carbocycles. The zero-order valence-electron chi connectivity index (χ0n) is 32.6. The Hall–Kier alpha value is -4.16. The van der Waals surface area contributed by atoms with Crippen LogP contribution in [0.5, 0.6) is 34.5 Å². The highest BCUT2D eigenvalue weighted by Crippen LogP contribution is 2.42. The molecule has 5 aromatic rings. The molecule has 6 rings (SSSR count). The fraction of sp³-hybridized carbons (Fsp3) is 0.333. The van der Waals surface area contributed by atoms with Gasteiger partial charge in [-0.3, -0.25) is 19.8 Å². The van der Waals surface area contributed by atoms with Crippen LogP contribution in [0.25, 0.3) is 22.5 Å². The van der Waals surface area contributed by atoms with E-state index >= 15 is 0 Å². The lowest BCUT2D eigenvalue weighted by Gasteiger charge is -2.39. The number of rotatable bonds is 15. The van der Waals surface area contributed by atoms with Crippen LogP contribution < -0.4 is 28.4 Å². The highest BCUT2D eigenvalue weighted by molar-refractivity contribution is 5.86. The predicted molar refractivity (Wildman–Crippen MR) is 232 cm³/mol. The Morgan fingerprint density at radius 2 is 0.964 bits per heavy atom. The van der Waals surface area contributed by atoms with Crippen molar-refractivity contribution in [2.75, 3.05) is 55.7 Å². The summed E-state index contributed by atoms with van der Waals surface area (Å²) in [5, 5.41) is 0. The van der Waals surface area contributed by atoms with E-state index in [9.17, 15) is 0 Å². The normalized spacial score (nSPS) is 12.6. The van der Waals surface area contributed by atoms with E-state index in [1.54, 1.807) is 42.7 Å². The van der Waals surface area contributed by atoms with E-state index < -0.39 is 0 Å². The number of hydrogen-bond donors (Lipinski definition) is 0. The molecule has 2 aromatic heterocycles. The molecular weight excluding hydrogens is 798 g/mol. The van der Waals surface area contributed by atoms with Crippen LogP contribution in [0.4, 0.5) is 0 Å². The van der Waals surface area contributed by atoms with Gasteiger partial charge < -0.3 is 28.4 Å². The maximum atomic E-state index is 5.62. The van der Waals surface area contributed by atoms with Gasteiger partial charge in [-0.05, 0) is 91.2 Å². The first kappa shape index (κ1) is 48.0. The van der Waals surface area contributed by atoms with E-state index in [0.29, 0.717) is 40.5 Å². The Labute approximate surface area is 355 Å². The number of aromatic nitrogens is 2. The molecular formula is C42H52Cl4N4O6. The number of piperidine rings is 1. The van der Waals surface area contributed by atoms with E-state index in [1.807, 2.05) is 36.7 Å². The van der Waals surface area contributed by atoms with Gasteiger partial charge >= 0.3 is 0 Å².